The van der Waals surface area contributed by atoms with Gasteiger partial charge in [-0.15, -0.1) is 0 Å². The van der Waals surface area contributed by atoms with Gasteiger partial charge in [0.25, 0.3) is 0 Å². The molecule has 90 valence electrons. The number of ether oxygens (including phenoxy) is 1. The molecule has 0 aromatic carbocycles. The summed E-state index contributed by atoms with van der Waals surface area (Å²) in [6, 6.07) is 0.119. The van der Waals surface area contributed by atoms with E-state index in [2.05, 4.69) is 12.2 Å². The topological polar surface area (TPSA) is 64.3 Å². The van der Waals surface area contributed by atoms with Gasteiger partial charge < -0.3 is 15.8 Å². The quantitative estimate of drug-likeness (QED) is 0.633. The molecule has 0 aromatic heterocycles. The molecule has 0 fully saturated rings. The van der Waals surface area contributed by atoms with Gasteiger partial charge >= 0.3 is 0 Å². The van der Waals surface area contributed by atoms with Crippen molar-refractivity contribution in [3.05, 3.63) is 0 Å². The molecular formula is C11H24N2O2. The van der Waals surface area contributed by atoms with Gasteiger partial charge in [0.05, 0.1) is 12.6 Å². The first kappa shape index (κ1) is 14.4. The zero-order valence-corrected chi connectivity index (χ0v) is 10.1. The molecule has 0 heterocycles. The van der Waals surface area contributed by atoms with Gasteiger partial charge in [0.2, 0.25) is 5.91 Å². The number of hydrogen-bond acceptors (Lipinski definition) is 3. The van der Waals surface area contributed by atoms with Crippen molar-refractivity contribution in [3.8, 4) is 0 Å². The Morgan fingerprint density at radius 3 is 2.53 bits per heavy atom. The van der Waals surface area contributed by atoms with Crippen LogP contribution in [-0.4, -0.2) is 32.2 Å². The lowest BCUT2D eigenvalue weighted by molar-refractivity contribution is -0.125. The highest BCUT2D eigenvalue weighted by Gasteiger charge is 2.17. The standard InChI is InChI=1S/C11H24N2O2/c1-4-6-10(8-15-3)13-11(14)9(5-2)7-12/h9-10H,4-8,12H2,1-3H3,(H,13,14). The lowest BCUT2D eigenvalue weighted by Gasteiger charge is -2.20. The van der Waals surface area contributed by atoms with Crippen molar-refractivity contribution in [2.45, 2.75) is 39.2 Å². The molecular weight excluding hydrogens is 192 g/mol. The summed E-state index contributed by atoms with van der Waals surface area (Å²) in [4.78, 5) is 11.7. The van der Waals surface area contributed by atoms with Crippen molar-refractivity contribution in [2.75, 3.05) is 20.3 Å². The van der Waals surface area contributed by atoms with Crippen molar-refractivity contribution in [2.24, 2.45) is 11.7 Å². The zero-order chi connectivity index (χ0) is 11.7. The van der Waals surface area contributed by atoms with Crippen LogP contribution in [0.1, 0.15) is 33.1 Å². The Morgan fingerprint density at radius 1 is 1.47 bits per heavy atom. The van der Waals surface area contributed by atoms with Crippen molar-refractivity contribution >= 4 is 5.91 Å². The van der Waals surface area contributed by atoms with Gasteiger partial charge in [-0.05, 0) is 12.8 Å². The van der Waals surface area contributed by atoms with Gasteiger partial charge in [-0.3, -0.25) is 4.79 Å². The number of hydrogen-bond donors (Lipinski definition) is 2. The third-order valence-corrected chi connectivity index (χ3v) is 2.50. The predicted molar refractivity (Wildman–Crippen MR) is 61.6 cm³/mol. The summed E-state index contributed by atoms with van der Waals surface area (Å²) in [6.07, 6.45) is 2.77. The molecule has 4 nitrogen and oxygen atoms in total. The highest BCUT2D eigenvalue weighted by atomic mass is 16.5. The van der Waals surface area contributed by atoms with E-state index in [0.717, 1.165) is 19.3 Å². The minimum absolute atomic E-state index is 0.0514. The molecule has 4 heteroatoms. The second kappa shape index (κ2) is 8.68. The maximum atomic E-state index is 11.7. The average Bonchev–Trinajstić information content (AvgIpc) is 2.20. The van der Waals surface area contributed by atoms with E-state index in [1.807, 2.05) is 6.92 Å². The van der Waals surface area contributed by atoms with Gasteiger partial charge in [-0.1, -0.05) is 20.3 Å². The number of carbonyl (C=O) groups excluding carboxylic acids is 1. The second-order valence-electron chi connectivity index (χ2n) is 3.79. The Bertz CT molecular complexity index is 164. The molecule has 0 spiro atoms. The normalized spacial score (nSPS) is 14.7. The zero-order valence-electron chi connectivity index (χ0n) is 10.1. The van der Waals surface area contributed by atoms with Crippen LogP contribution in [0.15, 0.2) is 0 Å². The SMILES string of the molecule is CCCC(COC)NC(=O)C(CC)CN. The van der Waals surface area contributed by atoms with E-state index in [1.54, 1.807) is 7.11 Å². The van der Waals surface area contributed by atoms with E-state index >= 15 is 0 Å². The average molecular weight is 216 g/mol. The molecule has 3 N–H and O–H groups in total. The van der Waals surface area contributed by atoms with Crippen LogP contribution in [0.4, 0.5) is 0 Å². The van der Waals surface area contributed by atoms with E-state index in [4.69, 9.17) is 10.5 Å². The number of methoxy groups -OCH3 is 1. The third kappa shape index (κ3) is 5.74. The number of amides is 1. The van der Waals surface area contributed by atoms with E-state index in [9.17, 15) is 4.79 Å². The van der Waals surface area contributed by atoms with Crippen LogP contribution in [0, 0.1) is 5.92 Å². The summed E-state index contributed by atoms with van der Waals surface area (Å²) < 4.78 is 5.06. The summed E-state index contributed by atoms with van der Waals surface area (Å²) in [5, 5.41) is 2.98. The molecule has 0 aliphatic carbocycles. The lowest BCUT2D eigenvalue weighted by atomic mass is 10.0. The van der Waals surface area contributed by atoms with E-state index in [0.29, 0.717) is 13.2 Å². The summed E-state index contributed by atoms with van der Waals surface area (Å²) in [7, 11) is 1.65. The van der Waals surface area contributed by atoms with Gasteiger partial charge in [-0.2, -0.15) is 0 Å². The van der Waals surface area contributed by atoms with Crippen molar-refractivity contribution in [1.29, 1.82) is 0 Å². The molecule has 0 bridgehead atoms. The molecule has 0 saturated carbocycles. The highest BCUT2D eigenvalue weighted by Crippen LogP contribution is 2.03. The molecule has 0 aromatic rings. The molecule has 0 saturated heterocycles. The monoisotopic (exact) mass is 216 g/mol. The van der Waals surface area contributed by atoms with Crippen LogP contribution in [0.5, 0.6) is 0 Å². The fraction of sp³-hybridized carbons (Fsp3) is 0.909. The third-order valence-electron chi connectivity index (χ3n) is 2.50. The summed E-state index contributed by atoms with van der Waals surface area (Å²) >= 11 is 0. The predicted octanol–water partition coefficient (Wildman–Crippen LogP) is 0.903. The van der Waals surface area contributed by atoms with Crippen LogP contribution in [0.3, 0.4) is 0 Å². The first-order valence-electron chi connectivity index (χ1n) is 5.68. The van der Waals surface area contributed by atoms with Crippen LogP contribution in [0.2, 0.25) is 0 Å². The fourth-order valence-corrected chi connectivity index (χ4v) is 1.52. The minimum Gasteiger partial charge on any atom is -0.383 e. The van der Waals surface area contributed by atoms with E-state index in [-0.39, 0.29) is 17.9 Å². The maximum absolute atomic E-state index is 11.7. The molecule has 2 atom stereocenters. The lowest BCUT2D eigenvalue weighted by Crippen LogP contribution is -2.43. The summed E-state index contributed by atoms with van der Waals surface area (Å²) in [6.45, 7) is 5.05. The van der Waals surface area contributed by atoms with Crippen LogP contribution < -0.4 is 11.1 Å². The molecule has 1 amide bonds. The molecule has 2 unspecified atom stereocenters. The molecule has 0 radical (unpaired) electrons. The Morgan fingerprint density at radius 2 is 2.13 bits per heavy atom. The number of carbonyl (C=O) groups is 1. The largest absolute Gasteiger partial charge is 0.383 e. The first-order chi connectivity index (χ1) is 7.19. The van der Waals surface area contributed by atoms with Crippen molar-refractivity contribution < 1.29 is 9.53 Å². The number of rotatable bonds is 8. The van der Waals surface area contributed by atoms with Gasteiger partial charge in [-0.25, -0.2) is 0 Å². The van der Waals surface area contributed by atoms with Gasteiger partial charge in [0, 0.05) is 19.6 Å². The highest BCUT2D eigenvalue weighted by molar-refractivity contribution is 5.79. The number of nitrogens with one attached hydrogen (secondary N) is 1. The Balaban J connectivity index is 4.07. The minimum atomic E-state index is -0.0683. The van der Waals surface area contributed by atoms with Crippen LogP contribution in [-0.2, 0) is 9.53 Å². The first-order valence-corrected chi connectivity index (χ1v) is 5.68. The van der Waals surface area contributed by atoms with Crippen LogP contribution in [0.25, 0.3) is 0 Å². The van der Waals surface area contributed by atoms with Gasteiger partial charge in [0.15, 0.2) is 0 Å². The molecule has 0 aliphatic heterocycles. The van der Waals surface area contributed by atoms with E-state index in [1.165, 1.54) is 0 Å². The molecule has 0 aliphatic rings. The Labute approximate surface area is 92.6 Å². The second-order valence-corrected chi connectivity index (χ2v) is 3.79. The Hall–Kier alpha value is -0.610. The Kier molecular flexibility index (Phi) is 8.33. The van der Waals surface area contributed by atoms with Crippen molar-refractivity contribution in [3.63, 3.8) is 0 Å². The fourth-order valence-electron chi connectivity index (χ4n) is 1.52. The molecule has 0 rings (SSSR count). The molecule has 15 heavy (non-hydrogen) atoms. The van der Waals surface area contributed by atoms with Crippen LogP contribution >= 0.6 is 0 Å². The maximum Gasteiger partial charge on any atom is 0.224 e. The summed E-state index contributed by atoms with van der Waals surface area (Å²) in [5.74, 6) is -0.0169. The van der Waals surface area contributed by atoms with E-state index < -0.39 is 0 Å². The van der Waals surface area contributed by atoms with Gasteiger partial charge in [0.1, 0.15) is 0 Å². The number of nitrogens with two attached hydrogens (primary N) is 1. The smallest absolute Gasteiger partial charge is 0.224 e. The van der Waals surface area contributed by atoms with Crippen molar-refractivity contribution in [1.82, 2.24) is 5.32 Å². The summed E-state index contributed by atoms with van der Waals surface area (Å²) in [5.41, 5.74) is 5.52.